The van der Waals surface area contributed by atoms with Gasteiger partial charge in [0.25, 0.3) is 0 Å². The first-order valence-corrected chi connectivity index (χ1v) is 12.6. The van der Waals surface area contributed by atoms with Crippen LogP contribution in [0.15, 0.2) is 77.3 Å². The molecule has 6 heteroatoms. The molecule has 5 rings (SSSR count). The van der Waals surface area contributed by atoms with Crippen molar-refractivity contribution < 1.29 is 4.79 Å². The first-order chi connectivity index (χ1) is 16.6. The zero-order valence-electron chi connectivity index (χ0n) is 19.4. The predicted molar refractivity (Wildman–Crippen MR) is 140 cm³/mol. The molecule has 0 spiro atoms. The molecule has 1 aromatic heterocycles. The van der Waals surface area contributed by atoms with Gasteiger partial charge in [-0.3, -0.25) is 14.3 Å². The van der Waals surface area contributed by atoms with E-state index in [0.29, 0.717) is 13.1 Å². The maximum Gasteiger partial charge on any atom is 0.224 e. The van der Waals surface area contributed by atoms with Gasteiger partial charge in [0, 0.05) is 23.2 Å². The van der Waals surface area contributed by atoms with Gasteiger partial charge < -0.3 is 5.32 Å². The summed E-state index contributed by atoms with van der Waals surface area (Å²) in [7, 11) is 0. The molecular formula is C28H29BrN4O. The Kier molecular flexibility index (Phi) is 6.79. The first kappa shape index (κ1) is 22.8. The van der Waals surface area contributed by atoms with E-state index in [0.717, 1.165) is 58.5 Å². The lowest BCUT2D eigenvalue weighted by atomic mass is 9.97. The number of carbonyl (C=O) groups is 1. The number of hydrogen-bond acceptors (Lipinski definition) is 3. The maximum atomic E-state index is 12.9. The molecule has 0 radical (unpaired) electrons. The Hall–Kier alpha value is -2.96. The van der Waals surface area contributed by atoms with Gasteiger partial charge in [0.1, 0.15) is 5.82 Å². The van der Waals surface area contributed by atoms with E-state index in [2.05, 4.69) is 104 Å². The van der Waals surface area contributed by atoms with Gasteiger partial charge >= 0.3 is 0 Å². The molecule has 1 amide bonds. The molecule has 34 heavy (non-hydrogen) atoms. The van der Waals surface area contributed by atoms with Crippen LogP contribution in [0.5, 0.6) is 0 Å². The number of likely N-dealkylation sites (tertiary alicyclic amines) is 1. The van der Waals surface area contributed by atoms with Crippen LogP contribution in [0.25, 0.3) is 16.7 Å². The number of hydrogen-bond donors (Lipinski definition) is 1. The third kappa shape index (κ3) is 5.08. The molecule has 2 heterocycles. The minimum atomic E-state index is 0.00436. The van der Waals surface area contributed by atoms with E-state index in [1.54, 1.807) is 0 Å². The van der Waals surface area contributed by atoms with Crippen LogP contribution in [0.4, 0.5) is 0 Å². The van der Waals surface area contributed by atoms with Crippen LogP contribution >= 0.6 is 15.9 Å². The van der Waals surface area contributed by atoms with Gasteiger partial charge in [0.2, 0.25) is 5.91 Å². The van der Waals surface area contributed by atoms with E-state index in [4.69, 9.17) is 4.98 Å². The summed E-state index contributed by atoms with van der Waals surface area (Å²) in [5.41, 5.74) is 5.55. The number of para-hydroxylation sites is 2. The fourth-order valence-corrected chi connectivity index (χ4v) is 4.98. The molecule has 174 valence electrons. The summed E-state index contributed by atoms with van der Waals surface area (Å²) in [6.07, 6.45) is 1.94. The lowest BCUT2D eigenvalue weighted by molar-refractivity contribution is -0.127. The SMILES string of the molecule is Cc1ccc(CNC(=O)[C@H]2CCCN(Cc3nc4ccccc4n3-c3ccc(Br)cc3)C2)cc1. The number of fused-ring (bicyclic) bond motifs is 1. The number of benzene rings is 3. The third-order valence-electron chi connectivity index (χ3n) is 6.54. The van der Waals surface area contributed by atoms with Crippen LogP contribution in [0, 0.1) is 12.8 Å². The lowest BCUT2D eigenvalue weighted by Gasteiger charge is -2.31. The fourth-order valence-electron chi connectivity index (χ4n) is 4.71. The Morgan fingerprint density at radius 2 is 1.82 bits per heavy atom. The van der Waals surface area contributed by atoms with Crippen LogP contribution in [0.3, 0.4) is 0 Å². The number of halogens is 1. The quantitative estimate of drug-likeness (QED) is 0.361. The molecule has 3 aromatic carbocycles. The Labute approximate surface area is 208 Å². The molecule has 1 fully saturated rings. The number of aryl methyl sites for hydroxylation is 1. The minimum Gasteiger partial charge on any atom is -0.352 e. The van der Waals surface area contributed by atoms with Crippen molar-refractivity contribution in [2.75, 3.05) is 13.1 Å². The van der Waals surface area contributed by atoms with Crippen LogP contribution < -0.4 is 5.32 Å². The van der Waals surface area contributed by atoms with Gasteiger partial charge in [-0.1, -0.05) is 57.9 Å². The summed E-state index contributed by atoms with van der Waals surface area (Å²) < 4.78 is 3.29. The second-order valence-electron chi connectivity index (χ2n) is 9.11. The average molecular weight is 517 g/mol. The van der Waals surface area contributed by atoms with Crippen LogP contribution in [0.1, 0.15) is 29.8 Å². The predicted octanol–water partition coefficient (Wildman–Crippen LogP) is 5.62. The summed E-state index contributed by atoms with van der Waals surface area (Å²) in [5, 5.41) is 3.15. The molecule has 0 unspecified atom stereocenters. The molecule has 1 aliphatic rings. The van der Waals surface area contributed by atoms with Gasteiger partial charge in [-0.2, -0.15) is 0 Å². The highest BCUT2D eigenvalue weighted by Crippen LogP contribution is 2.25. The summed E-state index contributed by atoms with van der Waals surface area (Å²) in [6, 6.07) is 24.9. The molecule has 1 atom stereocenters. The normalized spacial score (nSPS) is 16.6. The average Bonchev–Trinajstić information content (AvgIpc) is 3.22. The largest absolute Gasteiger partial charge is 0.352 e. The Morgan fingerprint density at radius 1 is 1.06 bits per heavy atom. The molecule has 1 N–H and O–H groups in total. The van der Waals surface area contributed by atoms with Crippen LogP contribution in [0.2, 0.25) is 0 Å². The monoisotopic (exact) mass is 516 g/mol. The molecule has 1 saturated heterocycles. The molecule has 0 aliphatic carbocycles. The summed E-state index contributed by atoms with van der Waals surface area (Å²) in [6.45, 7) is 5.10. The van der Waals surface area contributed by atoms with Crippen LogP contribution in [-0.2, 0) is 17.9 Å². The van der Waals surface area contributed by atoms with E-state index in [-0.39, 0.29) is 11.8 Å². The van der Waals surface area contributed by atoms with Gasteiger partial charge in [-0.15, -0.1) is 0 Å². The zero-order chi connectivity index (χ0) is 23.5. The molecule has 0 saturated carbocycles. The van der Waals surface area contributed by atoms with Gasteiger partial charge in [-0.05, 0) is 68.3 Å². The van der Waals surface area contributed by atoms with Crippen molar-refractivity contribution in [3.05, 3.63) is 94.2 Å². The summed E-state index contributed by atoms with van der Waals surface area (Å²) >= 11 is 3.54. The molecule has 4 aromatic rings. The van der Waals surface area contributed by atoms with Crippen molar-refractivity contribution in [2.45, 2.75) is 32.9 Å². The van der Waals surface area contributed by atoms with Gasteiger partial charge in [0.15, 0.2) is 0 Å². The van der Waals surface area contributed by atoms with Crippen molar-refractivity contribution in [1.82, 2.24) is 19.8 Å². The number of nitrogens with one attached hydrogen (secondary N) is 1. The molecular weight excluding hydrogens is 488 g/mol. The van der Waals surface area contributed by atoms with Crippen molar-refractivity contribution in [1.29, 1.82) is 0 Å². The highest BCUT2D eigenvalue weighted by molar-refractivity contribution is 9.10. The zero-order valence-corrected chi connectivity index (χ0v) is 21.0. The number of amides is 1. The first-order valence-electron chi connectivity index (χ1n) is 11.8. The molecule has 5 nitrogen and oxygen atoms in total. The number of nitrogens with zero attached hydrogens (tertiary/aromatic N) is 3. The van der Waals surface area contributed by atoms with Gasteiger partial charge in [-0.25, -0.2) is 4.98 Å². The summed E-state index contributed by atoms with van der Waals surface area (Å²) in [5.74, 6) is 1.15. The lowest BCUT2D eigenvalue weighted by Crippen LogP contribution is -2.42. The van der Waals surface area contributed by atoms with Gasteiger partial charge in [0.05, 0.1) is 23.5 Å². The standard InChI is InChI=1S/C28H29BrN4O/c1-20-8-10-21(11-9-20)17-30-28(34)22-5-4-16-32(18-22)19-27-31-25-6-2-3-7-26(25)33(27)24-14-12-23(29)13-15-24/h2-3,6-15,22H,4-5,16-19H2,1H3,(H,30,34)/t22-/m0/s1. The van der Waals surface area contributed by atoms with Crippen molar-refractivity contribution in [3.8, 4) is 5.69 Å². The highest BCUT2D eigenvalue weighted by Gasteiger charge is 2.27. The second kappa shape index (κ2) is 10.1. The highest BCUT2D eigenvalue weighted by atomic mass is 79.9. The topological polar surface area (TPSA) is 50.2 Å². The van der Waals surface area contributed by atoms with E-state index >= 15 is 0 Å². The van der Waals surface area contributed by atoms with E-state index in [9.17, 15) is 4.79 Å². The van der Waals surface area contributed by atoms with E-state index in [1.807, 2.05) is 6.07 Å². The number of imidazole rings is 1. The smallest absolute Gasteiger partial charge is 0.224 e. The Morgan fingerprint density at radius 3 is 2.62 bits per heavy atom. The van der Waals surface area contributed by atoms with Crippen LogP contribution in [-0.4, -0.2) is 33.4 Å². The Bertz CT molecular complexity index is 1280. The number of carbonyl (C=O) groups excluding carboxylic acids is 1. The fraction of sp³-hybridized carbons (Fsp3) is 0.286. The van der Waals surface area contributed by atoms with E-state index in [1.165, 1.54) is 5.56 Å². The van der Waals surface area contributed by atoms with Crippen molar-refractivity contribution in [2.24, 2.45) is 5.92 Å². The van der Waals surface area contributed by atoms with Crippen molar-refractivity contribution in [3.63, 3.8) is 0 Å². The number of aromatic nitrogens is 2. The summed E-state index contributed by atoms with van der Waals surface area (Å²) in [4.78, 5) is 20.3. The van der Waals surface area contributed by atoms with E-state index < -0.39 is 0 Å². The Balaban J connectivity index is 1.31. The number of rotatable bonds is 6. The maximum absolute atomic E-state index is 12.9. The third-order valence-corrected chi connectivity index (χ3v) is 7.07. The molecule has 1 aliphatic heterocycles. The molecule has 0 bridgehead atoms. The number of piperidine rings is 1. The minimum absolute atomic E-state index is 0.00436. The van der Waals surface area contributed by atoms with Crippen molar-refractivity contribution >= 4 is 32.9 Å². The second-order valence-corrected chi connectivity index (χ2v) is 10.0.